The Hall–Kier alpha value is -3.21. The third-order valence-corrected chi connectivity index (χ3v) is 3.40. The van der Waals surface area contributed by atoms with Crippen molar-refractivity contribution in [2.45, 2.75) is 6.92 Å². The fraction of sp³-hybridized carbons (Fsp3) is 0.105. The van der Waals surface area contributed by atoms with Crippen LogP contribution in [0.5, 0.6) is 5.75 Å². The molecule has 5 heteroatoms. The highest BCUT2D eigenvalue weighted by molar-refractivity contribution is 5.85. The zero-order valence-electron chi connectivity index (χ0n) is 13.3. The summed E-state index contributed by atoms with van der Waals surface area (Å²) in [5.74, 6) is 0.248. The SMILES string of the molecule is Cc1cccc(/C=N\NC(=O)COc2cccc3cccnc23)c1. The molecule has 0 radical (unpaired) electrons. The minimum Gasteiger partial charge on any atom is -0.481 e. The van der Waals surface area contributed by atoms with Crippen LogP contribution < -0.4 is 10.2 Å². The largest absolute Gasteiger partial charge is 0.481 e. The Morgan fingerprint density at radius 2 is 2.04 bits per heavy atom. The number of hydrazone groups is 1. The summed E-state index contributed by atoms with van der Waals surface area (Å²) in [4.78, 5) is 16.1. The van der Waals surface area contributed by atoms with Crippen molar-refractivity contribution in [1.29, 1.82) is 0 Å². The van der Waals surface area contributed by atoms with Gasteiger partial charge in [-0.2, -0.15) is 5.10 Å². The zero-order chi connectivity index (χ0) is 16.8. The molecule has 3 rings (SSSR count). The number of fused-ring (bicyclic) bond motifs is 1. The van der Waals surface area contributed by atoms with E-state index in [4.69, 9.17) is 4.74 Å². The van der Waals surface area contributed by atoms with Gasteiger partial charge in [-0.15, -0.1) is 0 Å². The zero-order valence-corrected chi connectivity index (χ0v) is 13.3. The molecule has 0 saturated heterocycles. The Kier molecular flexibility index (Phi) is 4.81. The molecule has 0 aliphatic heterocycles. The molecule has 3 aromatic rings. The molecule has 120 valence electrons. The Balaban J connectivity index is 1.57. The van der Waals surface area contributed by atoms with Crippen LogP contribution in [0.15, 0.2) is 65.9 Å². The quantitative estimate of drug-likeness (QED) is 0.580. The van der Waals surface area contributed by atoms with Crippen LogP contribution in [0.3, 0.4) is 0 Å². The Labute approximate surface area is 140 Å². The lowest BCUT2D eigenvalue weighted by molar-refractivity contribution is -0.123. The molecule has 0 saturated carbocycles. The van der Waals surface area contributed by atoms with Crippen LogP contribution in [-0.4, -0.2) is 23.7 Å². The molecular formula is C19H17N3O2. The predicted octanol–water partition coefficient (Wildman–Crippen LogP) is 3.07. The molecule has 1 amide bonds. The van der Waals surface area contributed by atoms with E-state index in [1.165, 1.54) is 0 Å². The van der Waals surface area contributed by atoms with Gasteiger partial charge in [0.2, 0.25) is 0 Å². The average Bonchev–Trinajstić information content (AvgIpc) is 2.60. The molecule has 1 aromatic heterocycles. The van der Waals surface area contributed by atoms with Crippen LogP contribution in [0.25, 0.3) is 10.9 Å². The number of benzene rings is 2. The predicted molar refractivity (Wildman–Crippen MR) is 94.2 cm³/mol. The summed E-state index contributed by atoms with van der Waals surface area (Å²) in [6.45, 7) is 1.88. The van der Waals surface area contributed by atoms with Gasteiger partial charge in [0.05, 0.1) is 6.21 Å². The number of para-hydroxylation sites is 1. The summed E-state index contributed by atoms with van der Waals surface area (Å²) in [6, 6.07) is 17.2. The first-order valence-electron chi connectivity index (χ1n) is 7.57. The number of carbonyl (C=O) groups excluding carboxylic acids is 1. The van der Waals surface area contributed by atoms with Gasteiger partial charge in [-0.25, -0.2) is 5.43 Å². The lowest BCUT2D eigenvalue weighted by atomic mass is 10.2. The van der Waals surface area contributed by atoms with Gasteiger partial charge in [0.15, 0.2) is 6.61 Å². The lowest BCUT2D eigenvalue weighted by Gasteiger charge is -2.07. The fourth-order valence-corrected chi connectivity index (χ4v) is 2.30. The Bertz CT molecular complexity index is 885. The number of amides is 1. The second-order valence-corrected chi connectivity index (χ2v) is 5.33. The normalized spacial score (nSPS) is 10.9. The van der Waals surface area contributed by atoms with E-state index in [-0.39, 0.29) is 12.5 Å². The first-order valence-corrected chi connectivity index (χ1v) is 7.57. The van der Waals surface area contributed by atoms with Gasteiger partial charge < -0.3 is 4.74 Å². The van der Waals surface area contributed by atoms with Crippen LogP contribution in [0.1, 0.15) is 11.1 Å². The van der Waals surface area contributed by atoms with Crippen LogP contribution in [0, 0.1) is 6.92 Å². The summed E-state index contributed by atoms with van der Waals surface area (Å²) in [5, 5.41) is 4.90. The molecule has 0 atom stereocenters. The van der Waals surface area contributed by atoms with Crippen molar-refractivity contribution in [2.75, 3.05) is 6.61 Å². The highest BCUT2D eigenvalue weighted by atomic mass is 16.5. The monoisotopic (exact) mass is 319 g/mol. The summed E-state index contributed by atoms with van der Waals surface area (Å²) >= 11 is 0. The molecule has 0 unspecified atom stereocenters. The molecule has 5 nitrogen and oxygen atoms in total. The van der Waals surface area contributed by atoms with E-state index in [0.717, 1.165) is 22.0 Å². The molecule has 0 fully saturated rings. The summed E-state index contributed by atoms with van der Waals surface area (Å²) in [6.07, 6.45) is 3.30. The van der Waals surface area contributed by atoms with Gasteiger partial charge in [0.1, 0.15) is 11.3 Å². The average molecular weight is 319 g/mol. The molecule has 1 N–H and O–H groups in total. The van der Waals surface area contributed by atoms with E-state index in [0.29, 0.717) is 5.75 Å². The number of carbonyl (C=O) groups is 1. The van der Waals surface area contributed by atoms with Crippen molar-refractivity contribution in [3.05, 3.63) is 71.9 Å². The third-order valence-electron chi connectivity index (χ3n) is 3.40. The van der Waals surface area contributed by atoms with Gasteiger partial charge in [-0.3, -0.25) is 9.78 Å². The molecule has 0 aliphatic rings. The van der Waals surface area contributed by atoms with Crippen molar-refractivity contribution in [3.63, 3.8) is 0 Å². The van der Waals surface area contributed by atoms with Crippen LogP contribution >= 0.6 is 0 Å². The highest BCUT2D eigenvalue weighted by Crippen LogP contribution is 2.22. The molecular weight excluding hydrogens is 302 g/mol. The van der Waals surface area contributed by atoms with Crippen molar-refractivity contribution >= 4 is 23.0 Å². The van der Waals surface area contributed by atoms with E-state index >= 15 is 0 Å². The van der Waals surface area contributed by atoms with Crippen LogP contribution in [0.2, 0.25) is 0 Å². The summed E-state index contributed by atoms with van der Waals surface area (Å²) < 4.78 is 5.55. The number of nitrogens with one attached hydrogen (secondary N) is 1. The summed E-state index contributed by atoms with van der Waals surface area (Å²) in [5.41, 5.74) is 5.25. The van der Waals surface area contributed by atoms with Gasteiger partial charge in [0.25, 0.3) is 5.91 Å². The smallest absolute Gasteiger partial charge is 0.277 e. The number of hydrogen-bond acceptors (Lipinski definition) is 4. The van der Waals surface area contributed by atoms with E-state index in [2.05, 4.69) is 15.5 Å². The number of hydrogen-bond donors (Lipinski definition) is 1. The van der Waals surface area contributed by atoms with Crippen LogP contribution in [-0.2, 0) is 4.79 Å². The van der Waals surface area contributed by atoms with Gasteiger partial charge in [-0.1, -0.05) is 48.0 Å². The topological polar surface area (TPSA) is 63.6 Å². The first kappa shape index (κ1) is 15.7. The Morgan fingerprint density at radius 1 is 1.21 bits per heavy atom. The van der Waals surface area contributed by atoms with Crippen molar-refractivity contribution in [3.8, 4) is 5.75 Å². The maximum atomic E-state index is 11.8. The first-order chi connectivity index (χ1) is 11.7. The van der Waals surface area contributed by atoms with Crippen LogP contribution in [0.4, 0.5) is 0 Å². The van der Waals surface area contributed by atoms with E-state index in [1.54, 1.807) is 18.5 Å². The number of pyridine rings is 1. The number of aromatic nitrogens is 1. The Morgan fingerprint density at radius 3 is 2.92 bits per heavy atom. The third kappa shape index (κ3) is 3.95. The summed E-state index contributed by atoms with van der Waals surface area (Å²) in [7, 11) is 0. The van der Waals surface area contributed by atoms with E-state index < -0.39 is 0 Å². The van der Waals surface area contributed by atoms with E-state index in [9.17, 15) is 4.79 Å². The second kappa shape index (κ2) is 7.37. The fourth-order valence-electron chi connectivity index (χ4n) is 2.30. The maximum absolute atomic E-state index is 11.8. The molecule has 0 spiro atoms. The standard InChI is InChI=1S/C19H17N3O2/c1-14-5-2-6-15(11-14)12-21-22-18(23)13-24-17-9-3-7-16-8-4-10-20-19(16)17/h2-12H,13H2,1H3,(H,22,23)/b21-12-. The van der Waals surface area contributed by atoms with Gasteiger partial charge >= 0.3 is 0 Å². The van der Waals surface area contributed by atoms with Gasteiger partial charge in [-0.05, 0) is 24.6 Å². The van der Waals surface area contributed by atoms with E-state index in [1.807, 2.05) is 55.5 Å². The number of rotatable bonds is 5. The van der Waals surface area contributed by atoms with Crippen molar-refractivity contribution < 1.29 is 9.53 Å². The van der Waals surface area contributed by atoms with Crippen molar-refractivity contribution in [1.82, 2.24) is 10.4 Å². The number of aryl methyl sites for hydroxylation is 1. The molecule has 2 aromatic carbocycles. The molecule has 24 heavy (non-hydrogen) atoms. The number of ether oxygens (including phenoxy) is 1. The lowest BCUT2D eigenvalue weighted by Crippen LogP contribution is -2.24. The second-order valence-electron chi connectivity index (χ2n) is 5.33. The highest BCUT2D eigenvalue weighted by Gasteiger charge is 2.05. The van der Waals surface area contributed by atoms with Gasteiger partial charge in [0, 0.05) is 11.6 Å². The minimum absolute atomic E-state index is 0.124. The maximum Gasteiger partial charge on any atom is 0.277 e. The molecule has 1 heterocycles. The minimum atomic E-state index is -0.327. The molecule has 0 bridgehead atoms. The molecule has 0 aliphatic carbocycles. The van der Waals surface area contributed by atoms with Crippen molar-refractivity contribution in [2.24, 2.45) is 5.10 Å². The number of nitrogens with zero attached hydrogens (tertiary/aromatic N) is 2.